The smallest absolute Gasteiger partial charge is 0.321 e. The zero-order valence-electron chi connectivity index (χ0n) is 12.6. The summed E-state index contributed by atoms with van der Waals surface area (Å²) in [5, 5.41) is 3.49. The molecular weight excluding hydrogens is 278 g/mol. The fourth-order valence-electron chi connectivity index (χ4n) is 2.77. The van der Waals surface area contributed by atoms with Gasteiger partial charge in [0.15, 0.2) is 9.84 Å². The quantitative estimate of drug-likeness (QED) is 0.654. The lowest BCUT2D eigenvalue weighted by Gasteiger charge is -2.20. The highest BCUT2D eigenvalue weighted by atomic mass is 32.2. The van der Waals surface area contributed by atoms with Crippen molar-refractivity contribution in [1.82, 2.24) is 5.32 Å². The van der Waals surface area contributed by atoms with Crippen molar-refractivity contribution >= 4 is 15.8 Å². The molecule has 2 unspecified atom stereocenters. The van der Waals surface area contributed by atoms with Gasteiger partial charge in [0.05, 0.1) is 12.4 Å². The van der Waals surface area contributed by atoms with Crippen LogP contribution in [0.3, 0.4) is 0 Å². The van der Waals surface area contributed by atoms with Gasteiger partial charge in [-0.3, -0.25) is 4.79 Å². The Morgan fingerprint density at radius 2 is 2.05 bits per heavy atom. The standard InChI is InChI=1S/C14H27NO4S/c1-3-9-15-13-7-5-6-12(13)8-10-20(17,18)11-14(16)19-4-2/h12-13,15H,3-11H2,1-2H3. The van der Waals surface area contributed by atoms with Gasteiger partial charge in [-0.05, 0) is 45.1 Å². The molecule has 1 N–H and O–H groups in total. The summed E-state index contributed by atoms with van der Waals surface area (Å²) in [5.74, 6) is -0.625. The van der Waals surface area contributed by atoms with Crippen LogP contribution in [0, 0.1) is 5.92 Å². The molecule has 5 nitrogen and oxygen atoms in total. The van der Waals surface area contributed by atoms with Crippen LogP contribution in [0.4, 0.5) is 0 Å². The zero-order valence-corrected chi connectivity index (χ0v) is 13.4. The average molecular weight is 305 g/mol. The molecule has 6 heteroatoms. The number of hydrogen-bond acceptors (Lipinski definition) is 5. The summed E-state index contributed by atoms with van der Waals surface area (Å²) < 4.78 is 28.4. The molecule has 1 rings (SSSR count). The van der Waals surface area contributed by atoms with Crippen LogP contribution in [-0.4, -0.2) is 45.1 Å². The van der Waals surface area contributed by atoms with Crippen molar-refractivity contribution in [3.05, 3.63) is 0 Å². The average Bonchev–Trinajstić information content (AvgIpc) is 2.81. The molecule has 0 spiro atoms. The third-order valence-electron chi connectivity index (χ3n) is 3.76. The summed E-state index contributed by atoms with van der Waals surface area (Å²) in [4.78, 5) is 11.2. The third-order valence-corrected chi connectivity index (χ3v) is 5.29. The van der Waals surface area contributed by atoms with E-state index in [1.54, 1.807) is 6.92 Å². The lowest BCUT2D eigenvalue weighted by Crippen LogP contribution is -2.34. The van der Waals surface area contributed by atoms with Crippen molar-refractivity contribution in [2.45, 2.75) is 52.0 Å². The minimum atomic E-state index is -3.34. The third kappa shape index (κ3) is 6.22. The number of nitrogens with one attached hydrogen (secondary N) is 1. The number of rotatable bonds is 9. The van der Waals surface area contributed by atoms with E-state index in [4.69, 9.17) is 4.74 Å². The van der Waals surface area contributed by atoms with E-state index >= 15 is 0 Å². The van der Waals surface area contributed by atoms with Crippen LogP contribution < -0.4 is 5.32 Å². The van der Waals surface area contributed by atoms with Crippen LogP contribution in [0.2, 0.25) is 0 Å². The molecule has 0 aliphatic heterocycles. The summed E-state index contributed by atoms with van der Waals surface area (Å²) in [6.07, 6.45) is 5.09. The molecule has 1 aliphatic carbocycles. The van der Waals surface area contributed by atoms with Gasteiger partial charge in [0, 0.05) is 6.04 Å². The van der Waals surface area contributed by atoms with E-state index < -0.39 is 21.6 Å². The molecule has 1 fully saturated rings. The molecule has 0 radical (unpaired) electrons. The molecule has 0 aromatic heterocycles. The summed E-state index contributed by atoms with van der Waals surface area (Å²) in [6, 6.07) is 0.438. The fraction of sp³-hybridized carbons (Fsp3) is 0.929. The van der Waals surface area contributed by atoms with Crippen molar-refractivity contribution in [2.24, 2.45) is 5.92 Å². The van der Waals surface area contributed by atoms with Crippen molar-refractivity contribution in [3.8, 4) is 0 Å². The van der Waals surface area contributed by atoms with Crippen molar-refractivity contribution < 1.29 is 17.9 Å². The van der Waals surface area contributed by atoms with Crippen molar-refractivity contribution in [3.63, 3.8) is 0 Å². The highest BCUT2D eigenvalue weighted by molar-refractivity contribution is 7.92. The normalized spacial score (nSPS) is 22.9. The predicted octanol–water partition coefficient (Wildman–Crippen LogP) is 1.52. The summed E-state index contributed by atoms with van der Waals surface area (Å²) in [5.41, 5.74) is 0. The van der Waals surface area contributed by atoms with Crippen LogP contribution >= 0.6 is 0 Å². The fourth-order valence-corrected chi connectivity index (χ4v) is 4.01. The Hall–Kier alpha value is -0.620. The van der Waals surface area contributed by atoms with Crippen LogP contribution in [0.1, 0.15) is 46.0 Å². The predicted molar refractivity (Wildman–Crippen MR) is 79.3 cm³/mol. The van der Waals surface area contributed by atoms with E-state index in [-0.39, 0.29) is 12.4 Å². The van der Waals surface area contributed by atoms with E-state index in [1.165, 1.54) is 0 Å². The molecule has 118 valence electrons. The number of ether oxygens (including phenoxy) is 1. The van der Waals surface area contributed by atoms with Gasteiger partial charge in [-0.25, -0.2) is 8.42 Å². The first-order valence-electron chi connectivity index (χ1n) is 7.58. The van der Waals surface area contributed by atoms with Gasteiger partial charge in [0.25, 0.3) is 0 Å². The Morgan fingerprint density at radius 3 is 2.70 bits per heavy atom. The number of carbonyl (C=O) groups excluding carboxylic acids is 1. The van der Waals surface area contributed by atoms with Crippen LogP contribution in [-0.2, 0) is 19.4 Å². The Bertz CT molecular complexity index is 394. The molecular formula is C14H27NO4S. The van der Waals surface area contributed by atoms with Gasteiger partial charge in [-0.1, -0.05) is 13.3 Å². The Morgan fingerprint density at radius 1 is 1.30 bits per heavy atom. The number of esters is 1. The van der Waals surface area contributed by atoms with E-state index in [2.05, 4.69) is 12.2 Å². The lowest BCUT2D eigenvalue weighted by atomic mass is 10.0. The molecule has 0 aromatic carbocycles. The second-order valence-electron chi connectivity index (χ2n) is 5.44. The van der Waals surface area contributed by atoms with Gasteiger partial charge in [0.2, 0.25) is 0 Å². The van der Waals surface area contributed by atoms with Gasteiger partial charge in [-0.15, -0.1) is 0 Å². The SMILES string of the molecule is CCCNC1CCCC1CCS(=O)(=O)CC(=O)OCC. The monoisotopic (exact) mass is 305 g/mol. The second-order valence-corrected chi connectivity index (χ2v) is 7.62. The van der Waals surface area contributed by atoms with E-state index in [9.17, 15) is 13.2 Å². The molecule has 0 bridgehead atoms. The minimum absolute atomic E-state index is 0.0841. The molecule has 1 saturated carbocycles. The first kappa shape index (κ1) is 17.4. The van der Waals surface area contributed by atoms with E-state index in [1.807, 2.05) is 0 Å². The van der Waals surface area contributed by atoms with Crippen LogP contribution in [0.25, 0.3) is 0 Å². The highest BCUT2D eigenvalue weighted by Crippen LogP contribution is 2.28. The maximum absolute atomic E-state index is 11.9. The van der Waals surface area contributed by atoms with Gasteiger partial charge < -0.3 is 10.1 Å². The van der Waals surface area contributed by atoms with Crippen LogP contribution in [0.15, 0.2) is 0 Å². The number of sulfone groups is 1. The van der Waals surface area contributed by atoms with E-state index in [0.29, 0.717) is 18.4 Å². The highest BCUT2D eigenvalue weighted by Gasteiger charge is 2.28. The Balaban J connectivity index is 2.38. The summed E-state index contributed by atoms with van der Waals surface area (Å²) >= 11 is 0. The van der Waals surface area contributed by atoms with Gasteiger partial charge in [-0.2, -0.15) is 0 Å². The summed E-state index contributed by atoms with van der Waals surface area (Å²) in [7, 11) is -3.34. The topological polar surface area (TPSA) is 72.5 Å². The van der Waals surface area contributed by atoms with Crippen molar-refractivity contribution in [2.75, 3.05) is 24.7 Å². The second kappa shape index (κ2) is 8.62. The lowest BCUT2D eigenvalue weighted by molar-refractivity contribution is -0.139. The van der Waals surface area contributed by atoms with Gasteiger partial charge in [0.1, 0.15) is 5.75 Å². The Kier molecular flexibility index (Phi) is 7.51. The molecule has 0 heterocycles. The largest absolute Gasteiger partial charge is 0.465 e. The first-order chi connectivity index (χ1) is 9.48. The van der Waals surface area contributed by atoms with Crippen molar-refractivity contribution in [1.29, 1.82) is 0 Å². The molecule has 0 aromatic rings. The van der Waals surface area contributed by atoms with Crippen LogP contribution in [0.5, 0.6) is 0 Å². The Labute approximate surface area is 122 Å². The minimum Gasteiger partial charge on any atom is -0.465 e. The molecule has 20 heavy (non-hydrogen) atoms. The molecule has 0 amide bonds. The summed E-state index contributed by atoms with van der Waals surface area (Å²) in [6.45, 7) is 5.00. The van der Waals surface area contributed by atoms with Gasteiger partial charge >= 0.3 is 5.97 Å². The molecule has 0 saturated heterocycles. The maximum Gasteiger partial charge on any atom is 0.321 e. The first-order valence-corrected chi connectivity index (χ1v) is 9.40. The molecule has 1 aliphatic rings. The molecule has 2 atom stereocenters. The number of carbonyl (C=O) groups is 1. The number of hydrogen-bond donors (Lipinski definition) is 1. The zero-order chi connectivity index (χ0) is 15.0. The van der Waals surface area contributed by atoms with E-state index in [0.717, 1.165) is 32.2 Å². The maximum atomic E-state index is 11.9.